The van der Waals surface area contributed by atoms with Gasteiger partial charge in [-0.3, -0.25) is 14.5 Å². The first kappa shape index (κ1) is 22.3. The highest BCUT2D eigenvalue weighted by Crippen LogP contribution is 2.31. The van der Waals surface area contributed by atoms with Crippen LogP contribution in [0.25, 0.3) is 22.2 Å². The van der Waals surface area contributed by atoms with E-state index >= 15 is 0 Å². The van der Waals surface area contributed by atoms with Gasteiger partial charge in [0.05, 0.1) is 5.69 Å². The van der Waals surface area contributed by atoms with Gasteiger partial charge in [0, 0.05) is 11.3 Å². The van der Waals surface area contributed by atoms with Crippen molar-refractivity contribution in [1.82, 2.24) is 15.2 Å². The number of nitrogens with one attached hydrogen (secondary N) is 2. The van der Waals surface area contributed by atoms with Crippen LogP contribution in [0, 0.1) is 13.8 Å². The van der Waals surface area contributed by atoms with E-state index in [2.05, 4.69) is 15.6 Å². The third kappa shape index (κ3) is 4.03. The number of anilines is 1. The lowest BCUT2D eigenvalue weighted by Gasteiger charge is -2.22. The summed E-state index contributed by atoms with van der Waals surface area (Å²) in [4.78, 5) is 44.1. The molecule has 1 atom stereocenters. The maximum absolute atomic E-state index is 13.3. The molecule has 5 rings (SSSR count). The summed E-state index contributed by atoms with van der Waals surface area (Å²) in [5, 5.41) is 7.50. The van der Waals surface area contributed by atoms with E-state index in [1.807, 2.05) is 62.4 Å². The highest BCUT2D eigenvalue weighted by atomic mass is 16.4. The van der Waals surface area contributed by atoms with Crippen LogP contribution in [0.1, 0.15) is 23.9 Å². The van der Waals surface area contributed by atoms with Gasteiger partial charge in [0.2, 0.25) is 11.8 Å². The molecule has 8 nitrogen and oxygen atoms in total. The van der Waals surface area contributed by atoms with Crippen molar-refractivity contribution >= 4 is 34.3 Å². The highest BCUT2D eigenvalue weighted by molar-refractivity contribution is 6.10. The molecule has 1 aromatic heterocycles. The summed E-state index contributed by atoms with van der Waals surface area (Å²) >= 11 is 0. The Balaban J connectivity index is 1.32. The first-order chi connectivity index (χ1) is 16.7. The normalized spacial score (nSPS) is 17.6. The van der Waals surface area contributed by atoms with Crippen LogP contribution in [0.4, 0.5) is 10.5 Å². The number of aryl methyl sites for hydroxylation is 2. The van der Waals surface area contributed by atoms with Gasteiger partial charge in [-0.2, -0.15) is 0 Å². The van der Waals surface area contributed by atoms with E-state index in [1.54, 1.807) is 25.1 Å². The molecule has 176 valence electrons. The molecule has 1 aliphatic heterocycles. The molecule has 0 saturated carbocycles. The van der Waals surface area contributed by atoms with E-state index in [9.17, 15) is 14.4 Å². The van der Waals surface area contributed by atoms with Gasteiger partial charge in [-0.25, -0.2) is 9.78 Å². The number of benzene rings is 3. The highest BCUT2D eigenvalue weighted by Gasteiger charge is 2.49. The van der Waals surface area contributed by atoms with Crippen molar-refractivity contribution in [2.24, 2.45) is 0 Å². The van der Waals surface area contributed by atoms with E-state index in [-0.39, 0.29) is 0 Å². The summed E-state index contributed by atoms with van der Waals surface area (Å²) in [6, 6.07) is 19.8. The third-order valence-electron chi connectivity index (χ3n) is 6.33. The van der Waals surface area contributed by atoms with Crippen molar-refractivity contribution in [3.05, 3.63) is 83.7 Å². The number of hydrogen-bond donors (Lipinski definition) is 2. The van der Waals surface area contributed by atoms with Crippen LogP contribution in [0.3, 0.4) is 0 Å². The lowest BCUT2D eigenvalue weighted by molar-refractivity contribution is -0.133. The minimum Gasteiger partial charge on any atom is -0.441 e. The minimum atomic E-state index is -1.26. The fourth-order valence-corrected chi connectivity index (χ4v) is 4.21. The number of carbonyl (C=O) groups is 3. The van der Waals surface area contributed by atoms with Gasteiger partial charge in [-0.15, -0.1) is 0 Å². The van der Waals surface area contributed by atoms with E-state index in [0.717, 1.165) is 27.1 Å². The second kappa shape index (κ2) is 8.39. The van der Waals surface area contributed by atoms with Gasteiger partial charge in [0.1, 0.15) is 17.8 Å². The van der Waals surface area contributed by atoms with Gasteiger partial charge in [-0.1, -0.05) is 42.5 Å². The Labute approximate surface area is 201 Å². The van der Waals surface area contributed by atoms with Crippen LogP contribution in [-0.2, 0) is 15.1 Å². The Morgan fingerprint density at radius 2 is 1.80 bits per heavy atom. The monoisotopic (exact) mass is 468 g/mol. The number of amides is 4. The first-order valence-electron chi connectivity index (χ1n) is 11.2. The maximum Gasteiger partial charge on any atom is 0.325 e. The fraction of sp³-hybridized carbons (Fsp3) is 0.185. The Bertz CT molecular complexity index is 1470. The molecule has 0 radical (unpaired) electrons. The molecule has 2 heterocycles. The summed E-state index contributed by atoms with van der Waals surface area (Å²) in [7, 11) is 0. The van der Waals surface area contributed by atoms with E-state index in [4.69, 9.17) is 4.42 Å². The van der Waals surface area contributed by atoms with Crippen LogP contribution < -0.4 is 10.6 Å². The van der Waals surface area contributed by atoms with Gasteiger partial charge < -0.3 is 15.1 Å². The second-order valence-corrected chi connectivity index (χ2v) is 8.80. The Hall–Kier alpha value is -4.46. The minimum absolute atomic E-state index is 0.407. The molecule has 1 saturated heterocycles. The van der Waals surface area contributed by atoms with E-state index < -0.39 is 29.9 Å². The Kier molecular flexibility index (Phi) is 5.36. The van der Waals surface area contributed by atoms with Crippen molar-refractivity contribution < 1.29 is 18.8 Å². The number of oxazole rings is 1. The summed E-state index contributed by atoms with van der Waals surface area (Å²) in [6.07, 6.45) is 0. The number of carbonyl (C=O) groups excluding carboxylic acids is 3. The number of fused-ring (bicyclic) bond motifs is 1. The fourth-order valence-electron chi connectivity index (χ4n) is 4.21. The van der Waals surface area contributed by atoms with E-state index in [1.165, 1.54) is 0 Å². The zero-order chi connectivity index (χ0) is 24.7. The molecule has 1 aliphatic rings. The van der Waals surface area contributed by atoms with Gasteiger partial charge in [0.15, 0.2) is 0 Å². The lowest BCUT2D eigenvalue weighted by atomic mass is 9.90. The molecule has 8 heteroatoms. The predicted octanol–water partition coefficient (Wildman–Crippen LogP) is 4.52. The van der Waals surface area contributed by atoms with Crippen molar-refractivity contribution in [2.45, 2.75) is 26.3 Å². The molecule has 0 spiro atoms. The third-order valence-corrected chi connectivity index (χ3v) is 6.33. The standard InChI is InChI=1S/C27H24N4O4/c1-16-17(2)35-24(28-16)20-9-6-10-22(14-20)29-23(32)15-31-25(33)27(3,30-26(31)34)21-12-11-18-7-4-5-8-19(18)13-21/h4-14H,15H2,1-3H3,(H,29,32)(H,30,34). The first-order valence-corrected chi connectivity index (χ1v) is 11.2. The van der Waals surface area contributed by atoms with Crippen LogP contribution in [-0.4, -0.2) is 34.3 Å². The van der Waals surface area contributed by atoms with Crippen molar-refractivity contribution in [1.29, 1.82) is 0 Å². The largest absolute Gasteiger partial charge is 0.441 e. The predicted molar refractivity (Wildman–Crippen MR) is 132 cm³/mol. The number of nitrogens with zero attached hydrogens (tertiary/aromatic N) is 2. The molecule has 0 bridgehead atoms. The van der Waals surface area contributed by atoms with Crippen molar-refractivity contribution in [3.8, 4) is 11.5 Å². The number of imide groups is 1. The topological polar surface area (TPSA) is 105 Å². The van der Waals surface area contributed by atoms with Crippen LogP contribution >= 0.6 is 0 Å². The smallest absolute Gasteiger partial charge is 0.325 e. The molecule has 4 amide bonds. The molecule has 4 aromatic rings. The zero-order valence-electron chi connectivity index (χ0n) is 19.6. The molecule has 1 unspecified atom stereocenters. The van der Waals surface area contributed by atoms with Gasteiger partial charge in [0.25, 0.3) is 5.91 Å². The molecule has 0 aliphatic carbocycles. The second-order valence-electron chi connectivity index (χ2n) is 8.80. The molecular formula is C27H24N4O4. The van der Waals surface area contributed by atoms with Gasteiger partial charge in [-0.05, 0) is 61.4 Å². The summed E-state index contributed by atoms with van der Waals surface area (Å²) in [5.74, 6) is 0.208. The average Bonchev–Trinajstić information content (AvgIpc) is 3.29. The molecule has 2 N–H and O–H groups in total. The Morgan fingerprint density at radius 3 is 2.54 bits per heavy atom. The maximum atomic E-state index is 13.3. The van der Waals surface area contributed by atoms with Crippen LogP contribution in [0.15, 0.2) is 71.1 Å². The number of rotatable bonds is 5. The summed E-state index contributed by atoms with van der Waals surface area (Å²) in [5.41, 5.74) is 1.40. The number of urea groups is 1. The SMILES string of the molecule is Cc1nc(-c2cccc(NC(=O)CN3C(=O)NC(C)(c4ccc5ccccc5c4)C3=O)c2)oc1C. The average molecular weight is 469 g/mol. The quantitative estimate of drug-likeness (QED) is 0.419. The molecule has 3 aromatic carbocycles. The molecule has 1 fully saturated rings. The van der Waals surface area contributed by atoms with Crippen LogP contribution in [0.5, 0.6) is 0 Å². The Morgan fingerprint density at radius 1 is 1.03 bits per heavy atom. The molecule has 35 heavy (non-hydrogen) atoms. The lowest BCUT2D eigenvalue weighted by Crippen LogP contribution is -2.42. The number of aromatic nitrogens is 1. The van der Waals surface area contributed by atoms with E-state index in [0.29, 0.717) is 22.7 Å². The zero-order valence-corrected chi connectivity index (χ0v) is 19.6. The molecular weight excluding hydrogens is 444 g/mol. The van der Waals surface area contributed by atoms with Crippen LogP contribution in [0.2, 0.25) is 0 Å². The van der Waals surface area contributed by atoms with Crippen molar-refractivity contribution in [3.63, 3.8) is 0 Å². The van der Waals surface area contributed by atoms with Crippen molar-refractivity contribution in [2.75, 3.05) is 11.9 Å². The van der Waals surface area contributed by atoms with Gasteiger partial charge >= 0.3 is 6.03 Å². The summed E-state index contributed by atoms with van der Waals surface area (Å²) in [6.45, 7) is 4.94. The summed E-state index contributed by atoms with van der Waals surface area (Å²) < 4.78 is 5.66. The number of hydrogen-bond acceptors (Lipinski definition) is 5.